The van der Waals surface area contributed by atoms with Crippen LogP contribution in [0, 0.1) is 0 Å². The van der Waals surface area contributed by atoms with Crippen LogP contribution in [0.2, 0.25) is 0 Å². The molecule has 4 atom stereocenters. The van der Waals surface area contributed by atoms with Crippen LogP contribution in [0.15, 0.2) is 54.6 Å². The van der Waals surface area contributed by atoms with E-state index in [-0.39, 0.29) is 24.3 Å². The van der Waals surface area contributed by atoms with Gasteiger partial charge in [0.15, 0.2) is 12.7 Å². The summed E-state index contributed by atoms with van der Waals surface area (Å²) in [7, 11) is -3.81. The predicted molar refractivity (Wildman–Crippen MR) is 192 cm³/mol. The summed E-state index contributed by atoms with van der Waals surface area (Å²) in [5, 5.41) is 19.5. The zero-order valence-corrected chi connectivity index (χ0v) is 31.5. The van der Waals surface area contributed by atoms with Gasteiger partial charge < -0.3 is 35.4 Å². The maximum absolute atomic E-state index is 13.9. The average molecular weight is 735 g/mol. The van der Waals surface area contributed by atoms with Crippen LogP contribution in [0.4, 0.5) is 0 Å². The van der Waals surface area contributed by atoms with Gasteiger partial charge in [-0.3, -0.25) is 19.2 Å². The molecule has 0 unspecified atom stereocenters. The normalized spacial score (nSPS) is 17.7. The van der Waals surface area contributed by atoms with Gasteiger partial charge in [0, 0.05) is 22.6 Å². The second-order valence-electron chi connectivity index (χ2n) is 14.2. The molecule has 0 bridgehead atoms. The fourth-order valence-electron chi connectivity index (χ4n) is 5.37. The summed E-state index contributed by atoms with van der Waals surface area (Å²) in [4.78, 5) is 55.3. The van der Waals surface area contributed by atoms with Crippen molar-refractivity contribution in [1.29, 1.82) is 0 Å². The van der Waals surface area contributed by atoms with Gasteiger partial charge in [-0.2, -0.15) is 0 Å². The fourth-order valence-corrected chi connectivity index (χ4v) is 7.35. The van der Waals surface area contributed by atoms with Gasteiger partial charge in [-0.1, -0.05) is 36.4 Å². The molecule has 1 saturated heterocycles. The van der Waals surface area contributed by atoms with Gasteiger partial charge in [0.1, 0.15) is 33.4 Å². The second kappa shape index (κ2) is 16.9. The number of hydrogen-bond donors (Lipinski definition) is 4. The molecule has 0 saturated carbocycles. The molecule has 4 amide bonds. The van der Waals surface area contributed by atoms with Crippen molar-refractivity contribution < 1.29 is 42.2 Å². The van der Waals surface area contributed by atoms with E-state index in [0.717, 1.165) is 6.26 Å². The number of rotatable bonds is 15. The Hall–Kier alpha value is -3.82. The number of aliphatic hydroxyl groups is 1. The molecular weight excluding hydrogens is 685 g/mol. The molecule has 2 aromatic carbocycles. The number of nitrogens with one attached hydrogen (secondary N) is 3. The van der Waals surface area contributed by atoms with Crippen molar-refractivity contribution in [3.8, 4) is 11.5 Å². The van der Waals surface area contributed by atoms with E-state index in [1.54, 1.807) is 54.6 Å². The summed E-state index contributed by atoms with van der Waals surface area (Å²) >= 11 is 1.38. The monoisotopic (exact) mass is 734 g/mol. The largest absolute Gasteiger partial charge is 0.491 e. The van der Waals surface area contributed by atoms with Crippen molar-refractivity contribution in [3.05, 3.63) is 60.2 Å². The fraction of sp³-hybridized carbons (Fsp3) is 0.543. The van der Waals surface area contributed by atoms with Crippen LogP contribution in [0.25, 0.3) is 0 Å². The minimum atomic E-state index is -3.81. The predicted octanol–water partition coefficient (Wildman–Crippen LogP) is 2.07. The van der Waals surface area contributed by atoms with E-state index in [1.165, 1.54) is 16.7 Å². The molecule has 276 valence electrons. The standard InChI is InChI=1S/C35H50N4O9S2/c1-22(2)48-25-16-12-15-24(18-25)47-19-28(40)36-27(20-50(8,45)46)31(42)37-26(17-23-13-10-9-11-14-23)29(41)33(44)39-21-49-35(6,7)30(39)32(43)38-34(3,4)5/h9-16,18,22,26-27,29-30,41H,17,19-21H2,1-8H3,(H,36,40)(H,37,42)(H,38,43)/t26-,27-,29-,30+/m0/s1. The molecule has 0 aromatic heterocycles. The molecule has 2 aromatic rings. The highest BCUT2D eigenvalue weighted by molar-refractivity contribution is 8.00. The van der Waals surface area contributed by atoms with Gasteiger partial charge in [-0.25, -0.2) is 8.42 Å². The average Bonchev–Trinajstić information content (AvgIpc) is 3.32. The van der Waals surface area contributed by atoms with Crippen LogP contribution in [0.5, 0.6) is 11.5 Å². The van der Waals surface area contributed by atoms with Crippen molar-refractivity contribution in [3.63, 3.8) is 0 Å². The van der Waals surface area contributed by atoms with E-state index in [4.69, 9.17) is 9.47 Å². The van der Waals surface area contributed by atoms with Crippen molar-refractivity contribution in [2.75, 3.05) is 24.5 Å². The van der Waals surface area contributed by atoms with E-state index in [9.17, 15) is 32.7 Å². The first-order valence-corrected chi connectivity index (χ1v) is 19.4. The third-order valence-corrected chi connectivity index (χ3v) is 9.82. The van der Waals surface area contributed by atoms with Crippen LogP contribution in [-0.4, -0.2) is 107 Å². The Morgan fingerprint density at radius 3 is 2.26 bits per heavy atom. The van der Waals surface area contributed by atoms with Gasteiger partial charge in [0.25, 0.3) is 11.8 Å². The topological polar surface area (TPSA) is 180 Å². The quantitative estimate of drug-likeness (QED) is 0.212. The number of aliphatic hydroxyl groups excluding tert-OH is 1. The third kappa shape index (κ3) is 12.5. The highest BCUT2D eigenvalue weighted by Gasteiger charge is 2.50. The van der Waals surface area contributed by atoms with Gasteiger partial charge >= 0.3 is 0 Å². The molecule has 13 nitrogen and oxygen atoms in total. The highest BCUT2D eigenvalue weighted by atomic mass is 32.2. The number of amides is 4. The number of carbonyl (C=O) groups is 4. The molecule has 0 spiro atoms. The van der Waals surface area contributed by atoms with Crippen LogP contribution in [0.1, 0.15) is 54.0 Å². The van der Waals surface area contributed by atoms with Crippen molar-refractivity contribution in [1.82, 2.24) is 20.9 Å². The Balaban J connectivity index is 1.83. The maximum Gasteiger partial charge on any atom is 0.258 e. The number of ether oxygens (including phenoxy) is 2. The zero-order valence-electron chi connectivity index (χ0n) is 29.9. The third-order valence-electron chi connectivity index (χ3n) is 7.50. The van der Waals surface area contributed by atoms with Crippen molar-refractivity contribution in [2.45, 2.75) is 95.5 Å². The Morgan fingerprint density at radius 1 is 1.02 bits per heavy atom. The second-order valence-corrected chi connectivity index (χ2v) is 18.0. The summed E-state index contributed by atoms with van der Waals surface area (Å²) in [5.41, 5.74) is 0.0945. The summed E-state index contributed by atoms with van der Waals surface area (Å²) in [6, 6.07) is 11.7. The Bertz CT molecular complexity index is 1610. The first-order valence-electron chi connectivity index (χ1n) is 16.3. The lowest BCUT2D eigenvalue weighted by Crippen LogP contribution is -2.61. The highest BCUT2D eigenvalue weighted by Crippen LogP contribution is 2.40. The van der Waals surface area contributed by atoms with E-state index < -0.39 is 74.4 Å². The molecule has 1 heterocycles. The first kappa shape index (κ1) is 40.6. The van der Waals surface area contributed by atoms with E-state index in [1.807, 2.05) is 48.5 Å². The lowest BCUT2D eigenvalue weighted by Gasteiger charge is -2.35. The number of hydrogen-bond acceptors (Lipinski definition) is 10. The number of nitrogens with zero attached hydrogens (tertiary/aromatic N) is 1. The van der Waals surface area contributed by atoms with Crippen molar-refractivity contribution >= 4 is 45.2 Å². The lowest BCUT2D eigenvalue weighted by atomic mass is 9.96. The summed E-state index contributed by atoms with van der Waals surface area (Å²) in [6.07, 6.45) is -0.998. The first-order chi connectivity index (χ1) is 23.1. The summed E-state index contributed by atoms with van der Waals surface area (Å²) in [6.45, 7) is 12.3. The molecule has 15 heteroatoms. The SMILES string of the molecule is CC(C)Oc1cccc(OCC(=O)N[C@@H](CS(C)(=O)=O)C(=O)N[C@@H](Cc2ccccc2)[C@H](O)C(=O)N2CSC(C)(C)[C@H]2C(=O)NC(C)(C)C)c1. The lowest BCUT2D eigenvalue weighted by molar-refractivity contribution is -0.148. The summed E-state index contributed by atoms with van der Waals surface area (Å²) < 4.78 is 35.2. The molecule has 0 aliphatic carbocycles. The minimum absolute atomic E-state index is 0.0137. The van der Waals surface area contributed by atoms with Gasteiger partial charge in [-0.05, 0) is 72.6 Å². The molecule has 1 aliphatic heterocycles. The Labute approximate surface area is 299 Å². The minimum Gasteiger partial charge on any atom is -0.491 e. The smallest absolute Gasteiger partial charge is 0.258 e. The zero-order chi connectivity index (χ0) is 37.4. The van der Waals surface area contributed by atoms with Gasteiger partial charge in [0.2, 0.25) is 11.8 Å². The molecule has 0 radical (unpaired) electrons. The van der Waals surface area contributed by atoms with Crippen LogP contribution in [0.3, 0.4) is 0 Å². The number of benzene rings is 2. The number of thioether (sulfide) groups is 1. The van der Waals surface area contributed by atoms with Crippen LogP contribution < -0.4 is 25.4 Å². The van der Waals surface area contributed by atoms with E-state index in [0.29, 0.717) is 17.1 Å². The molecule has 1 fully saturated rings. The van der Waals surface area contributed by atoms with Crippen LogP contribution in [-0.2, 0) is 35.4 Å². The Morgan fingerprint density at radius 2 is 1.66 bits per heavy atom. The van der Waals surface area contributed by atoms with Gasteiger partial charge in [-0.15, -0.1) is 11.8 Å². The number of sulfone groups is 1. The molecule has 3 rings (SSSR count). The maximum atomic E-state index is 13.9. The van der Waals surface area contributed by atoms with E-state index >= 15 is 0 Å². The Kier molecular flexibility index (Phi) is 13.7. The van der Waals surface area contributed by atoms with E-state index in [2.05, 4.69) is 16.0 Å². The molecule has 50 heavy (non-hydrogen) atoms. The van der Waals surface area contributed by atoms with Crippen molar-refractivity contribution in [2.24, 2.45) is 0 Å². The summed E-state index contributed by atoms with van der Waals surface area (Å²) in [5.74, 6) is -2.64. The molecule has 4 N–H and O–H groups in total. The number of carbonyl (C=O) groups excluding carboxylic acids is 4. The molecule has 1 aliphatic rings. The van der Waals surface area contributed by atoms with Crippen LogP contribution >= 0.6 is 11.8 Å². The molecular formula is C35H50N4O9S2. The van der Waals surface area contributed by atoms with Gasteiger partial charge in [0.05, 0.1) is 23.8 Å².